The molecule has 0 spiro atoms. The van der Waals surface area contributed by atoms with Crippen molar-refractivity contribution < 1.29 is 4.42 Å². The molecule has 2 heterocycles. The molecular formula is C10H10N2O2S. The van der Waals surface area contributed by atoms with Crippen molar-refractivity contribution >= 4 is 11.3 Å². The lowest BCUT2D eigenvalue weighted by Gasteiger charge is -1.94. The molecule has 0 aliphatic rings. The first-order chi connectivity index (χ1) is 7.16. The Kier molecular flexibility index (Phi) is 2.55. The third-order valence-corrected chi connectivity index (χ3v) is 2.62. The number of hydrogen-bond donors (Lipinski definition) is 0. The molecule has 0 atom stereocenters. The van der Waals surface area contributed by atoms with Gasteiger partial charge in [-0.3, -0.25) is 0 Å². The summed E-state index contributed by atoms with van der Waals surface area (Å²) in [5.74, 6) is -0.0716. The molecule has 15 heavy (non-hydrogen) atoms. The quantitative estimate of drug-likeness (QED) is 0.747. The van der Waals surface area contributed by atoms with Gasteiger partial charge in [0.25, 0.3) is 5.89 Å². The summed E-state index contributed by atoms with van der Waals surface area (Å²) in [6, 6.07) is 3.75. The predicted octanol–water partition coefficient (Wildman–Crippen LogP) is 2.14. The van der Waals surface area contributed by atoms with Crippen molar-refractivity contribution in [3.63, 3.8) is 0 Å². The summed E-state index contributed by atoms with van der Waals surface area (Å²) in [5.41, 5.74) is 0.864. The van der Waals surface area contributed by atoms with Crippen LogP contribution >= 0.6 is 11.3 Å². The molecule has 0 aliphatic heterocycles. The van der Waals surface area contributed by atoms with Crippen LogP contribution in [0.25, 0.3) is 10.8 Å². The average Bonchev–Trinajstić information content (AvgIpc) is 2.75. The van der Waals surface area contributed by atoms with E-state index in [-0.39, 0.29) is 0 Å². The zero-order valence-corrected chi connectivity index (χ0v) is 9.08. The summed E-state index contributed by atoms with van der Waals surface area (Å²) in [7, 11) is 0. The maximum absolute atomic E-state index is 11.4. The van der Waals surface area contributed by atoms with E-state index in [0.29, 0.717) is 12.4 Å². The van der Waals surface area contributed by atoms with Crippen LogP contribution in [0.2, 0.25) is 0 Å². The first-order valence-corrected chi connectivity index (χ1v) is 5.31. The molecule has 2 rings (SSSR count). The summed E-state index contributed by atoms with van der Waals surface area (Å²) in [6.07, 6.45) is 0. The van der Waals surface area contributed by atoms with Gasteiger partial charge in [0, 0.05) is 0 Å². The SMILES string of the molecule is C=C(C)Cn1nc(-c2cccs2)oc1=O. The number of rotatable bonds is 3. The molecule has 0 radical (unpaired) electrons. The first kappa shape index (κ1) is 9.92. The number of nitrogens with zero attached hydrogens (tertiary/aromatic N) is 2. The Hall–Kier alpha value is -1.62. The molecule has 0 amide bonds. The Labute approximate surface area is 90.5 Å². The van der Waals surface area contributed by atoms with Gasteiger partial charge in [0.1, 0.15) is 0 Å². The maximum Gasteiger partial charge on any atom is 0.437 e. The Morgan fingerprint density at radius 1 is 1.73 bits per heavy atom. The summed E-state index contributed by atoms with van der Waals surface area (Å²) >= 11 is 1.49. The monoisotopic (exact) mass is 222 g/mol. The standard InChI is InChI=1S/C10H10N2O2S/c1-7(2)6-12-10(13)14-9(11-12)8-4-3-5-15-8/h3-5H,1,6H2,2H3. The largest absolute Gasteiger partial charge is 0.437 e. The van der Waals surface area contributed by atoms with Gasteiger partial charge in [-0.15, -0.1) is 16.4 Å². The van der Waals surface area contributed by atoms with Crippen molar-refractivity contribution in [1.82, 2.24) is 9.78 Å². The van der Waals surface area contributed by atoms with Crippen LogP contribution < -0.4 is 5.76 Å². The van der Waals surface area contributed by atoms with Crippen LogP contribution in [-0.2, 0) is 6.54 Å². The maximum atomic E-state index is 11.4. The average molecular weight is 222 g/mol. The first-order valence-electron chi connectivity index (χ1n) is 4.43. The molecule has 0 N–H and O–H groups in total. The van der Waals surface area contributed by atoms with Crippen molar-refractivity contribution in [2.45, 2.75) is 13.5 Å². The molecule has 0 aromatic carbocycles. The van der Waals surface area contributed by atoms with Crippen LogP contribution in [0.15, 0.2) is 38.9 Å². The highest BCUT2D eigenvalue weighted by atomic mass is 32.1. The molecule has 4 nitrogen and oxygen atoms in total. The number of hydrogen-bond acceptors (Lipinski definition) is 4. The van der Waals surface area contributed by atoms with Crippen LogP contribution in [0, 0.1) is 0 Å². The smallest absolute Gasteiger partial charge is 0.387 e. The minimum absolute atomic E-state index is 0.372. The molecule has 78 valence electrons. The Morgan fingerprint density at radius 2 is 2.53 bits per heavy atom. The van der Waals surface area contributed by atoms with E-state index >= 15 is 0 Å². The lowest BCUT2D eigenvalue weighted by molar-refractivity contribution is 0.494. The van der Waals surface area contributed by atoms with E-state index in [9.17, 15) is 4.79 Å². The van der Waals surface area contributed by atoms with E-state index in [0.717, 1.165) is 10.5 Å². The minimum Gasteiger partial charge on any atom is -0.387 e. The number of thiophene rings is 1. The summed E-state index contributed by atoms with van der Waals surface area (Å²) < 4.78 is 6.30. The molecule has 0 saturated heterocycles. The molecule has 0 bridgehead atoms. The van der Waals surface area contributed by atoms with E-state index in [1.165, 1.54) is 16.0 Å². The van der Waals surface area contributed by atoms with Gasteiger partial charge in [0.05, 0.1) is 11.4 Å². The zero-order chi connectivity index (χ0) is 10.8. The van der Waals surface area contributed by atoms with Gasteiger partial charge in [-0.2, -0.15) is 4.68 Å². The second kappa shape index (κ2) is 3.86. The second-order valence-electron chi connectivity index (χ2n) is 3.27. The van der Waals surface area contributed by atoms with Crippen molar-refractivity contribution in [2.75, 3.05) is 0 Å². The van der Waals surface area contributed by atoms with Gasteiger partial charge in [-0.05, 0) is 18.4 Å². The lowest BCUT2D eigenvalue weighted by atomic mass is 10.4. The molecule has 2 aromatic rings. The van der Waals surface area contributed by atoms with E-state index in [4.69, 9.17) is 4.42 Å². The molecular weight excluding hydrogens is 212 g/mol. The van der Waals surface area contributed by atoms with Crippen LogP contribution in [0.3, 0.4) is 0 Å². The number of aromatic nitrogens is 2. The summed E-state index contributed by atoms with van der Waals surface area (Å²) in [5, 5.41) is 5.99. The van der Waals surface area contributed by atoms with Crippen LogP contribution in [0.4, 0.5) is 0 Å². The molecule has 0 fully saturated rings. The Morgan fingerprint density at radius 3 is 3.13 bits per heavy atom. The normalized spacial score (nSPS) is 10.5. The fraction of sp³-hybridized carbons (Fsp3) is 0.200. The van der Waals surface area contributed by atoms with Gasteiger partial charge >= 0.3 is 5.76 Å². The molecule has 0 aliphatic carbocycles. The zero-order valence-electron chi connectivity index (χ0n) is 8.27. The Balaban J connectivity index is 2.37. The molecule has 0 saturated carbocycles. The highest BCUT2D eigenvalue weighted by molar-refractivity contribution is 7.13. The molecule has 2 aromatic heterocycles. The predicted molar refractivity (Wildman–Crippen MR) is 58.9 cm³/mol. The lowest BCUT2D eigenvalue weighted by Crippen LogP contribution is -2.16. The minimum atomic E-state index is -0.443. The van der Waals surface area contributed by atoms with Crippen molar-refractivity contribution in [3.05, 3.63) is 40.2 Å². The van der Waals surface area contributed by atoms with Crippen LogP contribution in [-0.4, -0.2) is 9.78 Å². The fourth-order valence-electron chi connectivity index (χ4n) is 1.16. The van der Waals surface area contributed by atoms with Gasteiger partial charge in [0.2, 0.25) is 0 Å². The van der Waals surface area contributed by atoms with E-state index in [2.05, 4.69) is 11.7 Å². The Bertz CT molecular complexity index is 522. The number of allylic oxidation sites excluding steroid dienone is 1. The summed E-state index contributed by atoms with van der Waals surface area (Å²) in [4.78, 5) is 12.2. The van der Waals surface area contributed by atoms with Gasteiger partial charge in [0.15, 0.2) is 0 Å². The van der Waals surface area contributed by atoms with E-state index in [1.807, 2.05) is 24.4 Å². The van der Waals surface area contributed by atoms with E-state index in [1.54, 1.807) is 0 Å². The van der Waals surface area contributed by atoms with Gasteiger partial charge in [-0.1, -0.05) is 18.2 Å². The molecule has 5 heteroatoms. The van der Waals surface area contributed by atoms with Crippen LogP contribution in [0.1, 0.15) is 6.92 Å². The third-order valence-electron chi connectivity index (χ3n) is 1.76. The summed E-state index contributed by atoms with van der Waals surface area (Å²) in [6.45, 7) is 5.96. The highest BCUT2D eigenvalue weighted by Crippen LogP contribution is 2.20. The third kappa shape index (κ3) is 2.07. The van der Waals surface area contributed by atoms with Crippen LogP contribution in [0.5, 0.6) is 0 Å². The second-order valence-corrected chi connectivity index (χ2v) is 4.21. The highest BCUT2D eigenvalue weighted by Gasteiger charge is 2.10. The van der Waals surface area contributed by atoms with Crippen molar-refractivity contribution in [1.29, 1.82) is 0 Å². The van der Waals surface area contributed by atoms with Gasteiger partial charge in [-0.25, -0.2) is 4.79 Å². The van der Waals surface area contributed by atoms with Gasteiger partial charge < -0.3 is 4.42 Å². The fourth-order valence-corrected chi connectivity index (χ4v) is 1.81. The molecule has 0 unspecified atom stereocenters. The van der Waals surface area contributed by atoms with Crippen molar-refractivity contribution in [3.8, 4) is 10.8 Å². The van der Waals surface area contributed by atoms with E-state index < -0.39 is 5.76 Å². The topological polar surface area (TPSA) is 48.0 Å². The van der Waals surface area contributed by atoms with Crippen molar-refractivity contribution in [2.24, 2.45) is 0 Å².